The second-order valence-electron chi connectivity index (χ2n) is 5.39. The number of nitriles is 1. The van der Waals surface area contributed by atoms with Gasteiger partial charge < -0.3 is 4.74 Å². The largest absolute Gasteiger partial charge is 0.371 e. The van der Waals surface area contributed by atoms with Gasteiger partial charge in [0.05, 0.1) is 18.9 Å². The Morgan fingerprint density at radius 3 is 2.92 bits per heavy atom. The number of nitrogens with zero attached hydrogens (tertiary/aromatic N) is 4. The Bertz CT molecular complexity index is 904. The van der Waals surface area contributed by atoms with E-state index in [-0.39, 0.29) is 24.6 Å². The number of aromatic nitrogens is 2. The topological polar surface area (TPSA) is 88.2 Å². The van der Waals surface area contributed by atoms with Crippen molar-refractivity contribution < 1.29 is 17.5 Å². The molecule has 126 valence electrons. The van der Waals surface area contributed by atoms with Gasteiger partial charge in [0, 0.05) is 31.9 Å². The van der Waals surface area contributed by atoms with Gasteiger partial charge in [0.15, 0.2) is 0 Å². The Kier molecular flexibility index (Phi) is 4.36. The predicted octanol–water partition coefficient (Wildman–Crippen LogP) is 1.19. The van der Waals surface area contributed by atoms with Crippen molar-refractivity contribution in [2.75, 3.05) is 19.7 Å². The smallest absolute Gasteiger partial charge is 0.244 e. The third-order valence-electron chi connectivity index (χ3n) is 3.83. The van der Waals surface area contributed by atoms with E-state index in [2.05, 4.69) is 5.10 Å². The summed E-state index contributed by atoms with van der Waals surface area (Å²) in [7, 11) is -2.24. The Morgan fingerprint density at radius 2 is 2.25 bits per heavy atom. The highest BCUT2D eigenvalue weighted by Crippen LogP contribution is 2.28. The summed E-state index contributed by atoms with van der Waals surface area (Å²) in [5, 5.41) is 13.1. The normalized spacial score (nSPS) is 19.1. The predicted molar refractivity (Wildman–Crippen MR) is 81.8 cm³/mol. The van der Waals surface area contributed by atoms with Crippen LogP contribution in [0.1, 0.15) is 17.2 Å². The lowest BCUT2D eigenvalue weighted by Gasteiger charge is -2.31. The molecule has 7 nitrogen and oxygen atoms in total. The number of rotatable bonds is 3. The van der Waals surface area contributed by atoms with Crippen LogP contribution in [0.2, 0.25) is 0 Å². The molecule has 1 fully saturated rings. The fraction of sp³-hybridized carbons (Fsp3) is 0.333. The molecule has 1 atom stereocenters. The standard InChI is InChI=1S/C15H15FN4O3S/c1-19-9-11(8-18-19)14-10-20(5-6-23-14)24(21,22)15-4-2-3-13(16)12(15)7-17/h2-4,8-9,14H,5-6,10H2,1H3. The highest BCUT2D eigenvalue weighted by molar-refractivity contribution is 7.89. The van der Waals surface area contributed by atoms with Crippen LogP contribution in [-0.2, 0) is 21.8 Å². The van der Waals surface area contributed by atoms with E-state index < -0.39 is 27.5 Å². The first-order valence-electron chi connectivity index (χ1n) is 7.22. The fourth-order valence-corrected chi connectivity index (χ4v) is 4.20. The molecule has 1 aromatic heterocycles. The van der Waals surface area contributed by atoms with Crippen LogP contribution in [0.15, 0.2) is 35.5 Å². The van der Waals surface area contributed by atoms with E-state index in [4.69, 9.17) is 10.00 Å². The molecule has 3 rings (SSSR count). The van der Waals surface area contributed by atoms with Gasteiger partial charge in [0.1, 0.15) is 22.3 Å². The summed E-state index contributed by atoms with van der Waals surface area (Å²) < 4.78 is 47.9. The average molecular weight is 350 g/mol. The van der Waals surface area contributed by atoms with Crippen molar-refractivity contribution in [2.45, 2.75) is 11.0 Å². The van der Waals surface area contributed by atoms with Crippen molar-refractivity contribution in [3.05, 3.63) is 47.5 Å². The summed E-state index contributed by atoms with van der Waals surface area (Å²) in [6, 6.07) is 5.22. The lowest BCUT2D eigenvalue weighted by molar-refractivity contribution is -0.00260. The van der Waals surface area contributed by atoms with Crippen molar-refractivity contribution >= 4 is 10.0 Å². The van der Waals surface area contributed by atoms with Gasteiger partial charge in [-0.2, -0.15) is 14.7 Å². The number of morpholine rings is 1. The lowest BCUT2D eigenvalue weighted by Crippen LogP contribution is -2.42. The highest BCUT2D eigenvalue weighted by Gasteiger charge is 2.34. The van der Waals surface area contributed by atoms with Crippen molar-refractivity contribution in [3.8, 4) is 6.07 Å². The van der Waals surface area contributed by atoms with E-state index in [1.165, 1.54) is 16.4 Å². The summed E-state index contributed by atoms with van der Waals surface area (Å²) in [6.45, 7) is 0.422. The third-order valence-corrected chi connectivity index (χ3v) is 5.74. The molecule has 1 aromatic carbocycles. The number of benzene rings is 1. The van der Waals surface area contributed by atoms with Gasteiger partial charge in [-0.1, -0.05) is 6.07 Å². The first kappa shape index (κ1) is 16.6. The molecule has 0 radical (unpaired) electrons. The molecule has 0 spiro atoms. The zero-order chi connectivity index (χ0) is 17.3. The molecule has 0 saturated carbocycles. The van der Waals surface area contributed by atoms with Crippen molar-refractivity contribution in [2.24, 2.45) is 7.05 Å². The van der Waals surface area contributed by atoms with Crippen LogP contribution in [0.4, 0.5) is 4.39 Å². The minimum absolute atomic E-state index is 0.0788. The number of hydrogen-bond acceptors (Lipinski definition) is 5. The van der Waals surface area contributed by atoms with Crippen molar-refractivity contribution in [3.63, 3.8) is 0 Å². The van der Waals surface area contributed by atoms with Crippen LogP contribution >= 0.6 is 0 Å². The van der Waals surface area contributed by atoms with Gasteiger partial charge in [-0.25, -0.2) is 12.8 Å². The summed E-state index contributed by atoms with van der Waals surface area (Å²) in [4.78, 5) is -0.322. The molecule has 2 heterocycles. The number of aryl methyl sites for hydroxylation is 1. The van der Waals surface area contributed by atoms with Gasteiger partial charge in [0.2, 0.25) is 10.0 Å². The first-order valence-corrected chi connectivity index (χ1v) is 8.66. The highest BCUT2D eigenvalue weighted by atomic mass is 32.2. The van der Waals surface area contributed by atoms with E-state index in [1.54, 1.807) is 30.2 Å². The maximum atomic E-state index is 13.8. The molecular formula is C15H15FN4O3S. The van der Waals surface area contributed by atoms with E-state index in [9.17, 15) is 12.8 Å². The molecule has 1 aliphatic rings. The van der Waals surface area contributed by atoms with Crippen LogP contribution in [0, 0.1) is 17.1 Å². The van der Waals surface area contributed by atoms with E-state index in [0.29, 0.717) is 0 Å². The zero-order valence-corrected chi connectivity index (χ0v) is 13.7. The van der Waals surface area contributed by atoms with Gasteiger partial charge >= 0.3 is 0 Å². The molecule has 2 aromatic rings. The van der Waals surface area contributed by atoms with Gasteiger partial charge in [0.25, 0.3) is 0 Å². The second-order valence-corrected chi connectivity index (χ2v) is 7.30. The maximum Gasteiger partial charge on any atom is 0.244 e. The van der Waals surface area contributed by atoms with Gasteiger partial charge in [-0.05, 0) is 12.1 Å². The van der Waals surface area contributed by atoms with Gasteiger partial charge in [-0.3, -0.25) is 4.68 Å². The minimum atomic E-state index is -4.00. The van der Waals surface area contributed by atoms with Crippen LogP contribution in [0.25, 0.3) is 0 Å². The van der Waals surface area contributed by atoms with Crippen LogP contribution in [0.3, 0.4) is 0 Å². The Balaban J connectivity index is 1.93. The summed E-state index contributed by atoms with van der Waals surface area (Å²) in [6.07, 6.45) is 2.91. The number of ether oxygens (including phenoxy) is 1. The SMILES string of the molecule is Cn1cc(C2CN(S(=O)(=O)c3cccc(F)c3C#N)CCO2)cn1. The molecule has 1 saturated heterocycles. The molecule has 9 heteroatoms. The second kappa shape index (κ2) is 6.32. The van der Waals surface area contributed by atoms with Crippen molar-refractivity contribution in [1.82, 2.24) is 14.1 Å². The Labute approximate surface area is 138 Å². The first-order chi connectivity index (χ1) is 11.4. The molecule has 0 bridgehead atoms. The summed E-state index contributed by atoms with van der Waals surface area (Å²) in [5.41, 5.74) is 0.291. The molecule has 1 unspecified atom stereocenters. The zero-order valence-electron chi connectivity index (χ0n) is 12.9. The molecule has 24 heavy (non-hydrogen) atoms. The number of sulfonamides is 1. The van der Waals surface area contributed by atoms with Crippen molar-refractivity contribution in [1.29, 1.82) is 5.26 Å². The lowest BCUT2D eigenvalue weighted by atomic mass is 10.2. The quantitative estimate of drug-likeness (QED) is 0.830. The maximum absolute atomic E-state index is 13.8. The molecule has 0 aliphatic carbocycles. The fourth-order valence-electron chi connectivity index (χ4n) is 2.62. The molecule has 0 amide bonds. The van der Waals surface area contributed by atoms with E-state index >= 15 is 0 Å². The van der Waals surface area contributed by atoms with E-state index in [1.807, 2.05) is 0 Å². The van der Waals surface area contributed by atoms with Crippen LogP contribution < -0.4 is 0 Å². The summed E-state index contributed by atoms with van der Waals surface area (Å²) in [5.74, 6) is -0.851. The van der Waals surface area contributed by atoms with Gasteiger partial charge in [-0.15, -0.1) is 0 Å². The third kappa shape index (κ3) is 2.91. The minimum Gasteiger partial charge on any atom is -0.371 e. The number of halogens is 1. The van der Waals surface area contributed by atoms with Crippen LogP contribution in [0.5, 0.6) is 0 Å². The molecular weight excluding hydrogens is 335 g/mol. The average Bonchev–Trinajstić information content (AvgIpc) is 3.01. The number of hydrogen-bond donors (Lipinski definition) is 0. The summed E-state index contributed by atoms with van der Waals surface area (Å²) >= 11 is 0. The Morgan fingerprint density at radius 1 is 1.46 bits per heavy atom. The molecule has 0 N–H and O–H groups in total. The monoisotopic (exact) mass is 350 g/mol. The Hall–Kier alpha value is -2.28. The van der Waals surface area contributed by atoms with E-state index in [0.717, 1.165) is 11.6 Å². The molecule has 1 aliphatic heterocycles. The van der Waals surface area contributed by atoms with Crippen LogP contribution in [-0.4, -0.2) is 42.2 Å².